The van der Waals surface area contributed by atoms with Crippen molar-refractivity contribution in [3.8, 4) is 5.75 Å². The van der Waals surface area contributed by atoms with Gasteiger partial charge in [-0.2, -0.15) is 0 Å². The van der Waals surface area contributed by atoms with Crippen LogP contribution in [0.4, 0.5) is 0 Å². The second kappa shape index (κ2) is 4.42. The molecule has 0 saturated carbocycles. The molecule has 1 aliphatic heterocycles. The van der Waals surface area contributed by atoms with Crippen LogP contribution in [0, 0.1) is 0 Å². The molecule has 2 heterocycles. The number of halogens is 1. The number of carbonyl (C=O) groups is 1. The third-order valence-corrected chi connectivity index (χ3v) is 3.17. The molecule has 18 heavy (non-hydrogen) atoms. The highest BCUT2D eigenvalue weighted by atomic mass is 35.5. The van der Waals surface area contributed by atoms with Crippen molar-refractivity contribution < 1.29 is 9.53 Å². The van der Waals surface area contributed by atoms with Crippen LogP contribution in [0.15, 0.2) is 36.5 Å². The van der Waals surface area contributed by atoms with E-state index in [1.165, 1.54) is 6.20 Å². The molecule has 1 aliphatic rings. The van der Waals surface area contributed by atoms with Gasteiger partial charge in [-0.25, -0.2) is 4.98 Å². The van der Waals surface area contributed by atoms with E-state index in [1.807, 2.05) is 12.1 Å². The molecule has 3 rings (SSSR count). The number of aromatic nitrogens is 1. The van der Waals surface area contributed by atoms with Crippen LogP contribution < -0.4 is 4.74 Å². The molecule has 1 aromatic carbocycles. The molecule has 0 N–H and O–H groups in total. The van der Waals surface area contributed by atoms with E-state index < -0.39 is 0 Å². The Labute approximate surface area is 109 Å². The first kappa shape index (κ1) is 11.2. The molecule has 0 spiro atoms. The second-order valence-corrected chi connectivity index (χ2v) is 4.48. The van der Waals surface area contributed by atoms with Crippen molar-refractivity contribution in [3.63, 3.8) is 0 Å². The Morgan fingerprint density at radius 3 is 2.94 bits per heavy atom. The van der Waals surface area contributed by atoms with Crippen molar-refractivity contribution in [1.29, 1.82) is 0 Å². The molecule has 0 saturated heterocycles. The highest BCUT2D eigenvalue weighted by Crippen LogP contribution is 2.30. The highest BCUT2D eigenvalue weighted by molar-refractivity contribution is 6.29. The van der Waals surface area contributed by atoms with Gasteiger partial charge in [-0.05, 0) is 23.8 Å². The predicted molar refractivity (Wildman–Crippen MR) is 68.3 cm³/mol. The third-order valence-electron chi connectivity index (χ3n) is 2.95. The molecular formula is C14H10ClNO2. The maximum atomic E-state index is 12.4. The lowest BCUT2D eigenvalue weighted by atomic mass is 10.0. The van der Waals surface area contributed by atoms with Gasteiger partial charge in [0.2, 0.25) is 0 Å². The SMILES string of the molecule is O=C(c1ccc(Cl)nc1)c1cccc2c1OCC2. The fourth-order valence-electron chi connectivity index (χ4n) is 2.06. The average Bonchev–Trinajstić information content (AvgIpc) is 2.87. The van der Waals surface area contributed by atoms with Crippen LogP contribution in [0.3, 0.4) is 0 Å². The van der Waals surface area contributed by atoms with Crippen LogP contribution in [-0.2, 0) is 6.42 Å². The van der Waals surface area contributed by atoms with E-state index in [0.717, 1.165) is 12.0 Å². The monoisotopic (exact) mass is 259 g/mol. The minimum absolute atomic E-state index is 0.0853. The van der Waals surface area contributed by atoms with Gasteiger partial charge in [-0.1, -0.05) is 23.7 Å². The first-order valence-electron chi connectivity index (χ1n) is 5.66. The zero-order chi connectivity index (χ0) is 12.5. The number of pyridine rings is 1. The number of ether oxygens (including phenoxy) is 1. The van der Waals surface area contributed by atoms with Crippen LogP contribution in [0.1, 0.15) is 21.5 Å². The van der Waals surface area contributed by atoms with Crippen LogP contribution in [0.5, 0.6) is 5.75 Å². The van der Waals surface area contributed by atoms with Crippen LogP contribution in [0.2, 0.25) is 5.15 Å². The molecule has 0 aliphatic carbocycles. The smallest absolute Gasteiger partial charge is 0.198 e. The standard InChI is InChI=1S/C14H10ClNO2/c15-12-5-4-10(8-16-12)13(17)11-3-1-2-9-6-7-18-14(9)11/h1-5,8H,6-7H2. The number of ketones is 1. The van der Waals surface area contributed by atoms with Crippen molar-refractivity contribution in [2.45, 2.75) is 6.42 Å². The van der Waals surface area contributed by atoms with Crippen LogP contribution in [0.25, 0.3) is 0 Å². The quantitative estimate of drug-likeness (QED) is 0.615. The van der Waals surface area contributed by atoms with Gasteiger partial charge < -0.3 is 4.74 Å². The van der Waals surface area contributed by atoms with Gasteiger partial charge in [-0.3, -0.25) is 4.79 Å². The predicted octanol–water partition coefficient (Wildman–Crippen LogP) is 2.90. The fourth-order valence-corrected chi connectivity index (χ4v) is 2.17. The normalized spacial score (nSPS) is 12.9. The van der Waals surface area contributed by atoms with E-state index in [9.17, 15) is 4.79 Å². The molecule has 0 bridgehead atoms. The van der Waals surface area contributed by atoms with Gasteiger partial charge in [0.25, 0.3) is 0 Å². The lowest BCUT2D eigenvalue weighted by molar-refractivity contribution is 0.103. The molecule has 3 nitrogen and oxygen atoms in total. The Balaban J connectivity index is 2.03. The number of carbonyl (C=O) groups excluding carboxylic acids is 1. The lowest BCUT2D eigenvalue weighted by Gasteiger charge is -2.06. The van der Waals surface area contributed by atoms with Gasteiger partial charge >= 0.3 is 0 Å². The summed E-state index contributed by atoms with van der Waals surface area (Å²) in [6.07, 6.45) is 2.34. The summed E-state index contributed by atoms with van der Waals surface area (Å²) in [5, 5.41) is 0.376. The highest BCUT2D eigenvalue weighted by Gasteiger charge is 2.21. The van der Waals surface area contributed by atoms with Crippen molar-refractivity contribution in [3.05, 3.63) is 58.4 Å². The first-order valence-corrected chi connectivity index (χ1v) is 6.04. The maximum absolute atomic E-state index is 12.4. The van der Waals surface area contributed by atoms with E-state index in [0.29, 0.717) is 28.6 Å². The summed E-state index contributed by atoms with van der Waals surface area (Å²) in [7, 11) is 0. The summed E-state index contributed by atoms with van der Waals surface area (Å²) in [5.74, 6) is 0.621. The summed E-state index contributed by atoms with van der Waals surface area (Å²) in [6.45, 7) is 0.637. The van der Waals surface area contributed by atoms with Crippen molar-refractivity contribution in [1.82, 2.24) is 4.98 Å². The summed E-state index contributed by atoms with van der Waals surface area (Å²) < 4.78 is 5.53. The van der Waals surface area contributed by atoms with Gasteiger partial charge in [-0.15, -0.1) is 0 Å². The Bertz CT molecular complexity index is 608. The molecule has 0 atom stereocenters. The number of benzene rings is 1. The third kappa shape index (κ3) is 1.87. The fraction of sp³-hybridized carbons (Fsp3) is 0.143. The number of hydrogen-bond acceptors (Lipinski definition) is 3. The second-order valence-electron chi connectivity index (χ2n) is 4.09. The minimum atomic E-state index is -0.0853. The number of para-hydroxylation sites is 1. The average molecular weight is 260 g/mol. The summed E-state index contributed by atoms with van der Waals surface area (Å²) in [6, 6.07) is 8.93. The van der Waals surface area contributed by atoms with Crippen LogP contribution >= 0.6 is 11.6 Å². The molecule has 0 radical (unpaired) electrons. The molecule has 4 heteroatoms. The maximum Gasteiger partial charge on any atom is 0.198 e. The molecular weight excluding hydrogens is 250 g/mol. The Morgan fingerprint density at radius 2 is 2.17 bits per heavy atom. The summed E-state index contributed by atoms with van der Waals surface area (Å²) in [5.41, 5.74) is 2.19. The summed E-state index contributed by atoms with van der Waals surface area (Å²) in [4.78, 5) is 16.3. The summed E-state index contributed by atoms with van der Waals surface area (Å²) >= 11 is 5.71. The first-order chi connectivity index (χ1) is 8.75. The Kier molecular flexibility index (Phi) is 2.76. The number of nitrogens with zero attached hydrogens (tertiary/aromatic N) is 1. The van der Waals surface area contributed by atoms with E-state index in [1.54, 1.807) is 18.2 Å². The largest absolute Gasteiger partial charge is 0.492 e. The van der Waals surface area contributed by atoms with Gasteiger partial charge in [0.1, 0.15) is 10.9 Å². The number of fused-ring (bicyclic) bond motifs is 1. The number of rotatable bonds is 2. The molecule has 0 unspecified atom stereocenters. The Morgan fingerprint density at radius 1 is 1.28 bits per heavy atom. The van der Waals surface area contributed by atoms with Crippen molar-refractivity contribution in [2.24, 2.45) is 0 Å². The number of hydrogen-bond donors (Lipinski definition) is 0. The Hall–Kier alpha value is -1.87. The van der Waals surface area contributed by atoms with E-state index in [4.69, 9.17) is 16.3 Å². The van der Waals surface area contributed by atoms with Gasteiger partial charge in [0.15, 0.2) is 5.78 Å². The molecule has 90 valence electrons. The molecule has 0 amide bonds. The molecule has 2 aromatic rings. The topological polar surface area (TPSA) is 39.2 Å². The van der Waals surface area contributed by atoms with Gasteiger partial charge in [0.05, 0.1) is 12.2 Å². The zero-order valence-corrected chi connectivity index (χ0v) is 10.3. The van der Waals surface area contributed by atoms with E-state index in [2.05, 4.69) is 4.98 Å². The van der Waals surface area contributed by atoms with Crippen molar-refractivity contribution >= 4 is 17.4 Å². The molecule has 1 aromatic heterocycles. The minimum Gasteiger partial charge on any atom is -0.492 e. The van der Waals surface area contributed by atoms with Crippen LogP contribution in [-0.4, -0.2) is 17.4 Å². The molecule has 0 fully saturated rings. The van der Waals surface area contributed by atoms with Crippen molar-refractivity contribution in [2.75, 3.05) is 6.61 Å². The van der Waals surface area contributed by atoms with E-state index >= 15 is 0 Å². The van der Waals surface area contributed by atoms with Gasteiger partial charge in [0, 0.05) is 18.2 Å². The lowest BCUT2D eigenvalue weighted by Crippen LogP contribution is -2.04. The van der Waals surface area contributed by atoms with E-state index in [-0.39, 0.29) is 5.78 Å². The zero-order valence-electron chi connectivity index (χ0n) is 9.52.